The molecule has 0 N–H and O–H groups in total. The quantitative estimate of drug-likeness (QED) is 0.619. The summed E-state index contributed by atoms with van der Waals surface area (Å²) in [6.45, 7) is 3.09. The summed E-state index contributed by atoms with van der Waals surface area (Å²) < 4.78 is 5.01. The van der Waals surface area contributed by atoms with Crippen LogP contribution in [0.2, 0.25) is 0 Å². The molecule has 1 atom stereocenters. The molecule has 0 aromatic carbocycles. The summed E-state index contributed by atoms with van der Waals surface area (Å²) in [5.41, 5.74) is 0. The number of thiol groups is 1. The van der Waals surface area contributed by atoms with E-state index < -0.39 is 0 Å². The number of hydrogen-bond donors (Lipinski definition) is 1. The van der Waals surface area contributed by atoms with Crippen LogP contribution in [-0.4, -0.2) is 19.5 Å². The second-order valence-electron chi connectivity index (χ2n) is 2.34. The highest BCUT2D eigenvalue weighted by Gasteiger charge is 2.04. The van der Waals surface area contributed by atoms with Crippen LogP contribution < -0.4 is 0 Å². The molecule has 0 bridgehead atoms. The molecule has 0 fully saturated rings. The van der Waals surface area contributed by atoms with Crippen LogP contribution in [0.25, 0.3) is 0 Å². The number of ether oxygens (including phenoxy) is 1. The van der Waals surface area contributed by atoms with Crippen LogP contribution >= 0.6 is 10.9 Å². The summed E-state index contributed by atoms with van der Waals surface area (Å²) in [5.74, 6) is 1.19. The fraction of sp³-hybridized carbons (Fsp3) is 0.500. The van der Waals surface area contributed by atoms with Gasteiger partial charge in [-0.3, -0.25) is 0 Å². The van der Waals surface area contributed by atoms with Crippen molar-refractivity contribution in [2.24, 2.45) is 0 Å². The van der Waals surface area contributed by atoms with E-state index in [9.17, 15) is 0 Å². The lowest BCUT2D eigenvalue weighted by atomic mass is 10.5. The Balaban J connectivity index is 2.29. The van der Waals surface area contributed by atoms with E-state index in [1.807, 2.05) is 0 Å². The van der Waals surface area contributed by atoms with Crippen LogP contribution in [0.5, 0.6) is 0 Å². The van der Waals surface area contributed by atoms with Crippen molar-refractivity contribution in [2.75, 3.05) is 19.5 Å². The standard InChI is InChI=1S/C8H14OS/c1-8-4-3-6-10(8)7-5-9-2/h3-4,6,10H,5,7H2,1-2H3. The van der Waals surface area contributed by atoms with Crippen molar-refractivity contribution in [3.63, 3.8) is 0 Å². The molecule has 0 aliphatic carbocycles. The fourth-order valence-electron chi connectivity index (χ4n) is 0.940. The molecule has 0 saturated heterocycles. The van der Waals surface area contributed by atoms with E-state index in [-0.39, 0.29) is 10.9 Å². The van der Waals surface area contributed by atoms with Gasteiger partial charge in [0.1, 0.15) is 0 Å². The van der Waals surface area contributed by atoms with Gasteiger partial charge in [0.25, 0.3) is 0 Å². The lowest BCUT2D eigenvalue weighted by molar-refractivity contribution is 0.218. The molecular weight excluding hydrogens is 144 g/mol. The Morgan fingerprint density at radius 3 is 2.90 bits per heavy atom. The maximum atomic E-state index is 5.01. The van der Waals surface area contributed by atoms with Gasteiger partial charge in [-0.1, -0.05) is 12.2 Å². The van der Waals surface area contributed by atoms with Crippen molar-refractivity contribution >= 4 is 10.9 Å². The maximum Gasteiger partial charge on any atom is 0.0542 e. The van der Waals surface area contributed by atoms with Crippen LogP contribution in [0.1, 0.15) is 6.92 Å². The molecule has 0 aromatic rings. The minimum absolute atomic E-state index is 0.0433. The first kappa shape index (κ1) is 7.89. The molecule has 1 unspecified atom stereocenters. The third-order valence-corrected chi connectivity index (χ3v) is 3.84. The van der Waals surface area contributed by atoms with Crippen LogP contribution in [0.15, 0.2) is 22.5 Å². The van der Waals surface area contributed by atoms with E-state index >= 15 is 0 Å². The molecule has 1 nitrogen and oxygen atoms in total. The third-order valence-electron chi connectivity index (χ3n) is 1.59. The Morgan fingerprint density at radius 2 is 2.40 bits per heavy atom. The minimum atomic E-state index is 0.0433. The normalized spacial score (nSPS) is 27.0. The molecule has 0 saturated carbocycles. The SMILES string of the molecule is COCC[SH]1C=CC=C1C. The van der Waals surface area contributed by atoms with Crippen molar-refractivity contribution in [2.45, 2.75) is 6.92 Å². The molecule has 0 aromatic heterocycles. The minimum Gasteiger partial charge on any atom is -0.384 e. The smallest absolute Gasteiger partial charge is 0.0542 e. The van der Waals surface area contributed by atoms with E-state index in [1.54, 1.807) is 7.11 Å². The van der Waals surface area contributed by atoms with Crippen molar-refractivity contribution < 1.29 is 4.74 Å². The fourth-order valence-corrected chi connectivity index (χ4v) is 2.63. The van der Waals surface area contributed by atoms with E-state index in [1.165, 1.54) is 10.7 Å². The summed E-state index contributed by atoms with van der Waals surface area (Å²) in [6.07, 6.45) is 4.35. The topological polar surface area (TPSA) is 9.23 Å². The highest BCUT2D eigenvalue weighted by Crippen LogP contribution is 2.39. The molecule has 0 radical (unpaired) electrons. The maximum absolute atomic E-state index is 5.01. The predicted molar refractivity (Wildman–Crippen MR) is 48.6 cm³/mol. The van der Waals surface area contributed by atoms with Gasteiger partial charge in [0.2, 0.25) is 0 Å². The number of allylic oxidation sites excluding steroid dienone is 3. The molecule has 1 aliphatic heterocycles. The summed E-state index contributed by atoms with van der Waals surface area (Å²) >= 11 is 0. The lowest BCUT2D eigenvalue weighted by Gasteiger charge is -2.13. The second-order valence-corrected chi connectivity index (χ2v) is 4.73. The molecule has 1 rings (SSSR count). The first-order chi connectivity index (χ1) is 4.84. The van der Waals surface area contributed by atoms with Crippen molar-refractivity contribution in [1.82, 2.24) is 0 Å². The van der Waals surface area contributed by atoms with E-state index in [2.05, 4.69) is 24.5 Å². The first-order valence-corrected chi connectivity index (χ1v) is 5.05. The molecule has 10 heavy (non-hydrogen) atoms. The van der Waals surface area contributed by atoms with Gasteiger partial charge >= 0.3 is 0 Å². The summed E-state index contributed by atoms with van der Waals surface area (Å²) in [4.78, 5) is 1.52. The van der Waals surface area contributed by atoms with Crippen LogP contribution in [0.3, 0.4) is 0 Å². The molecule has 0 spiro atoms. The van der Waals surface area contributed by atoms with Gasteiger partial charge in [-0.25, -0.2) is 10.9 Å². The number of rotatable bonds is 3. The monoisotopic (exact) mass is 158 g/mol. The van der Waals surface area contributed by atoms with E-state index in [0.717, 1.165) is 6.61 Å². The first-order valence-electron chi connectivity index (χ1n) is 3.45. The van der Waals surface area contributed by atoms with Gasteiger partial charge in [0, 0.05) is 12.9 Å². The molecule has 2 heteroatoms. The predicted octanol–water partition coefficient (Wildman–Crippen LogP) is 2.07. The van der Waals surface area contributed by atoms with E-state index in [4.69, 9.17) is 4.74 Å². The highest BCUT2D eigenvalue weighted by molar-refractivity contribution is 8.23. The van der Waals surface area contributed by atoms with Crippen LogP contribution in [0, 0.1) is 0 Å². The zero-order valence-electron chi connectivity index (χ0n) is 6.50. The molecule has 1 aliphatic rings. The summed E-state index contributed by atoms with van der Waals surface area (Å²) in [6, 6.07) is 0. The Morgan fingerprint density at radius 1 is 1.60 bits per heavy atom. The number of methoxy groups -OCH3 is 1. The molecular formula is C8H14OS. The van der Waals surface area contributed by atoms with Crippen LogP contribution in [0.4, 0.5) is 0 Å². The third kappa shape index (κ3) is 1.89. The average molecular weight is 158 g/mol. The van der Waals surface area contributed by atoms with Gasteiger partial charge in [0.05, 0.1) is 6.61 Å². The second kappa shape index (κ2) is 3.84. The summed E-state index contributed by atoms with van der Waals surface area (Å²) in [7, 11) is 1.80. The Labute approximate surface area is 65.1 Å². The average Bonchev–Trinajstić information content (AvgIpc) is 2.31. The van der Waals surface area contributed by atoms with Gasteiger partial charge in [0.15, 0.2) is 0 Å². The van der Waals surface area contributed by atoms with Gasteiger partial charge in [-0.05, 0) is 17.2 Å². The van der Waals surface area contributed by atoms with Crippen molar-refractivity contribution in [3.8, 4) is 0 Å². The van der Waals surface area contributed by atoms with Gasteiger partial charge in [-0.2, -0.15) is 0 Å². The summed E-state index contributed by atoms with van der Waals surface area (Å²) in [5, 5.41) is 2.30. The zero-order valence-corrected chi connectivity index (χ0v) is 7.40. The lowest BCUT2D eigenvalue weighted by Crippen LogP contribution is -1.95. The Hall–Kier alpha value is -0.210. The highest BCUT2D eigenvalue weighted by atomic mass is 32.2. The van der Waals surface area contributed by atoms with Crippen molar-refractivity contribution in [1.29, 1.82) is 0 Å². The molecule has 1 heterocycles. The van der Waals surface area contributed by atoms with Gasteiger partial charge < -0.3 is 4.74 Å². The molecule has 0 amide bonds. The Bertz CT molecular complexity index is 161. The largest absolute Gasteiger partial charge is 0.384 e. The van der Waals surface area contributed by atoms with Crippen molar-refractivity contribution in [3.05, 3.63) is 22.5 Å². The Kier molecular flexibility index (Phi) is 3.03. The molecule has 58 valence electrons. The van der Waals surface area contributed by atoms with E-state index in [0.29, 0.717) is 0 Å². The zero-order chi connectivity index (χ0) is 7.40. The number of hydrogen-bond acceptors (Lipinski definition) is 1. The van der Waals surface area contributed by atoms with Crippen LogP contribution in [-0.2, 0) is 4.74 Å². The van der Waals surface area contributed by atoms with Gasteiger partial charge in [-0.15, -0.1) is 0 Å².